The SMILES string of the molecule is CNC(=O)OC1C(O[C@H]2C[C@H]3[C@@H]4CC=C5C[C@@H](O)CC[C@]5(C)[C@H]4CC[C@]3(C)[C@H]2[C@H](C)C(=O)CCC(C)C)OCC(O)C1OC1OCC(O)C(O)C1OC(=O)c1ccc(OC)cc1. The Morgan fingerprint density at radius 2 is 1.56 bits per heavy atom. The number of nitrogens with one attached hydrogen (secondary N) is 1. The molecule has 2 saturated heterocycles. The van der Waals surface area contributed by atoms with Gasteiger partial charge in [0, 0.05) is 25.3 Å². The lowest BCUT2D eigenvalue weighted by atomic mass is 9.47. The first-order valence-electron chi connectivity index (χ1n) is 22.7. The summed E-state index contributed by atoms with van der Waals surface area (Å²) in [4.78, 5) is 40.5. The minimum atomic E-state index is -1.63. The molecule has 0 bridgehead atoms. The van der Waals surface area contributed by atoms with E-state index in [0.717, 1.165) is 44.9 Å². The first-order chi connectivity index (χ1) is 29.5. The molecule has 0 spiro atoms. The monoisotopic (exact) mass is 871 g/mol. The van der Waals surface area contributed by atoms with E-state index in [9.17, 15) is 34.8 Å². The topological polar surface area (TPSA) is 209 Å². The maximum absolute atomic E-state index is 14.1. The molecule has 15 nitrogen and oxygen atoms in total. The first-order valence-corrected chi connectivity index (χ1v) is 22.7. The van der Waals surface area contributed by atoms with Gasteiger partial charge >= 0.3 is 12.1 Å². The molecule has 1 aromatic carbocycles. The van der Waals surface area contributed by atoms with Gasteiger partial charge in [-0.2, -0.15) is 0 Å². The summed E-state index contributed by atoms with van der Waals surface area (Å²) in [7, 11) is 2.88. The fourth-order valence-electron chi connectivity index (χ4n) is 12.2. The van der Waals surface area contributed by atoms with E-state index in [0.29, 0.717) is 36.3 Å². The third kappa shape index (κ3) is 9.20. The Balaban J connectivity index is 1.17. The highest BCUT2D eigenvalue weighted by Gasteiger charge is 2.64. The van der Waals surface area contributed by atoms with E-state index in [1.807, 2.05) is 6.92 Å². The number of Topliss-reactive ketones (excluding diaryl/α,β-unsaturated/α-hetero) is 1. The lowest BCUT2D eigenvalue weighted by Crippen LogP contribution is -2.62. The van der Waals surface area contributed by atoms with E-state index < -0.39 is 67.4 Å². The Kier molecular flexibility index (Phi) is 14.5. The minimum Gasteiger partial charge on any atom is -0.497 e. The number of alkyl carbamates (subject to hydrolysis) is 1. The van der Waals surface area contributed by atoms with E-state index in [1.54, 1.807) is 12.1 Å². The minimum absolute atomic E-state index is 0.00187. The lowest BCUT2D eigenvalue weighted by Gasteiger charge is -2.58. The zero-order valence-electron chi connectivity index (χ0n) is 37.3. The van der Waals surface area contributed by atoms with Gasteiger partial charge in [-0.25, -0.2) is 9.59 Å². The number of esters is 1. The van der Waals surface area contributed by atoms with Gasteiger partial charge < -0.3 is 58.9 Å². The fourth-order valence-corrected chi connectivity index (χ4v) is 12.2. The average Bonchev–Trinajstić information content (AvgIpc) is 3.55. The Hall–Kier alpha value is -3.15. The molecule has 8 unspecified atom stereocenters. The summed E-state index contributed by atoms with van der Waals surface area (Å²) in [6, 6.07) is 6.11. The average molecular weight is 872 g/mol. The van der Waals surface area contributed by atoms with Crippen LogP contribution in [0, 0.1) is 46.3 Å². The Morgan fingerprint density at radius 3 is 2.24 bits per heavy atom. The van der Waals surface area contributed by atoms with Gasteiger partial charge in [-0.05, 0) is 110 Å². The summed E-state index contributed by atoms with van der Waals surface area (Å²) in [5, 5.41) is 46.2. The predicted molar refractivity (Wildman–Crippen MR) is 224 cm³/mol. The zero-order chi connectivity index (χ0) is 44.7. The second-order valence-corrected chi connectivity index (χ2v) is 19.7. The van der Waals surface area contributed by atoms with E-state index >= 15 is 0 Å². The van der Waals surface area contributed by atoms with Crippen LogP contribution in [0.1, 0.15) is 103 Å². The van der Waals surface area contributed by atoms with Crippen molar-refractivity contribution in [1.82, 2.24) is 5.32 Å². The molecular formula is C47H69NO14. The van der Waals surface area contributed by atoms with Gasteiger partial charge in [0.2, 0.25) is 0 Å². The van der Waals surface area contributed by atoms with Gasteiger partial charge in [0.1, 0.15) is 35.9 Å². The van der Waals surface area contributed by atoms with Crippen molar-refractivity contribution in [3.05, 3.63) is 41.5 Å². The molecule has 4 aliphatic carbocycles. The molecule has 0 aromatic heterocycles. The maximum atomic E-state index is 14.1. The number of aliphatic hydroxyl groups excluding tert-OH is 4. The molecule has 6 aliphatic rings. The smallest absolute Gasteiger partial charge is 0.407 e. The second kappa shape index (κ2) is 19.1. The third-order valence-corrected chi connectivity index (χ3v) is 15.6. The number of allylic oxidation sites excluding steroid dienone is 1. The summed E-state index contributed by atoms with van der Waals surface area (Å²) in [5.41, 5.74) is 1.25. The van der Waals surface area contributed by atoms with E-state index in [-0.39, 0.29) is 59.2 Å². The number of ether oxygens (including phenoxy) is 7. The van der Waals surface area contributed by atoms with Crippen LogP contribution in [0.5, 0.6) is 5.75 Å². The van der Waals surface area contributed by atoms with Gasteiger partial charge in [0.05, 0.1) is 38.1 Å². The molecule has 17 atom stereocenters. The number of aliphatic hydroxyl groups is 4. The number of carbonyl (C=O) groups is 3. The van der Waals surface area contributed by atoms with E-state index in [4.69, 9.17) is 33.2 Å². The Labute approximate surface area is 365 Å². The molecule has 1 aromatic rings. The lowest BCUT2D eigenvalue weighted by molar-refractivity contribution is -0.338. The summed E-state index contributed by atoms with van der Waals surface area (Å²) >= 11 is 0. The fraction of sp³-hybridized carbons (Fsp3) is 0.766. The Bertz CT molecular complexity index is 1770. The van der Waals surface area contributed by atoms with E-state index in [1.165, 1.54) is 31.9 Å². The van der Waals surface area contributed by atoms with Crippen LogP contribution in [0.15, 0.2) is 35.9 Å². The van der Waals surface area contributed by atoms with Crippen molar-refractivity contribution in [2.45, 2.75) is 154 Å². The highest BCUT2D eigenvalue weighted by Crippen LogP contribution is 2.68. The van der Waals surface area contributed by atoms with Crippen LogP contribution in [-0.4, -0.2) is 127 Å². The Morgan fingerprint density at radius 1 is 0.871 bits per heavy atom. The summed E-state index contributed by atoms with van der Waals surface area (Å²) in [5.74, 6) is 0.669. The second-order valence-electron chi connectivity index (χ2n) is 19.7. The summed E-state index contributed by atoms with van der Waals surface area (Å²) < 4.78 is 42.1. The van der Waals surface area contributed by atoms with Crippen molar-refractivity contribution < 1.29 is 68.0 Å². The largest absolute Gasteiger partial charge is 0.497 e. The number of hydrogen-bond donors (Lipinski definition) is 5. The molecular weight excluding hydrogens is 803 g/mol. The van der Waals surface area contributed by atoms with Crippen LogP contribution in [0.4, 0.5) is 4.79 Å². The van der Waals surface area contributed by atoms with Crippen LogP contribution < -0.4 is 10.1 Å². The molecule has 2 aliphatic heterocycles. The third-order valence-electron chi connectivity index (χ3n) is 15.6. The van der Waals surface area contributed by atoms with Gasteiger partial charge in [0.25, 0.3) is 0 Å². The van der Waals surface area contributed by atoms with Crippen molar-refractivity contribution >= 4 is 17.8 Å². The number of benzene rings is 1. The quantitative estimate of drug-likeness (QED) is 0.135. The van der Waals surface area contributed by atoms with Gasteiger partial charge in [-0.3, -0.25) is 4.79 Å². The van der Waals surface area contributed by atoms with Crippen LogP contribution in [0.25, 0.3) is 0 Å². The highest BCUT2D eigenvalue weighted by atomic mass is 16.8. The molecule has 15 heteroatoms. The summed E-state index contributed by atoms with van der Waals surface area (Å²) in [6.45, 7) is 10.3. The standard InChI is InChI=1S/C47H69NO14/c1-24(2)8-15-33(50)25(3)37-36(21-32-30-14-11-27-20-28(49)16-18-46(27,4)31(30)17-19-47(32,37)5)59-44-41(62-45(55)48-6)39(35(52)23-58-44)61-43-40(38(53)34(51)22-57-43)60-42(54)26-9-12-29(56-7)13-10-26/h9-13,24-25,28,30-32,34-41,43-44,49,51-53H,8,14-23H2,1-7H3,(H,48,55)/t25-,28+,30-,31+,32+,34?,35?,36+,37+,38?,39?,40?,41?,43?,44?,46+,47+/m1/s1. The van der Waals surface area contributed by atoms with E-state index in [2.05, 4.69) is 39.1 Å². The first kappa shape index (κ1) is 46.8. The van der Waals surface area contributed by atoms with Crippen molar-refractivity contribution in [1.29, 1.82) is 0 Å². The normalized spacial score (nSPS) is 40.9. The van der Waals surface area contributed by atoms with Crippen molar-refractivity contribution in [3.63, 3.8) is 0 Å². The number of ketones is 1. The summed E-state index contributed by atoms with van der Waals surface area (Å²) in [6.07, 6.45) is -3.71. The maximum Gasteiger partial charge on any atom is 0.407 e. The molecule has 7 rings (SSSR count). The highest BCUT2D eigenvalue weighted by molar-refractivity contribution is 5.89. The number of fused-ring (bicyclic) bond motifs is 5. The molecule has 1 amide bonds. The molecule has 3 saturated carbocycles. The van der Waals surface area contributed by atoms with Gasteiger partial charge in [-0.15, -0.1) is 0 Å². The van der Waals surface area contributed by atoms with Crippen LogP contribution in [-0.2, 0) is 33.2 Å². The molecule has 5 N–H and O–H groups in total. The number of hydrogen-bond acceptors (Lipinski definition) is 14. The molecule has 62 heavy (non-hydrogen) atoms. The number of amides is 1. The molecule has 0 radical (unpaired) electrons. The van der Waals surface area contributed by atoms with Gasteiger partial charge in [0.15, 0.2) is 24.8 Å². The molecule has 346 valence electrons. The van der Waals surface area contributed by atoms with Crippen molar-refractivity contribution in [3.8, 4) is 5.75 Å². The number of rotatable bonds is 13. The van der Waals surface area contributed by atoms with Crippen LogP contribution in [0.3, 0.4) is 0 Å². The molecule has 5 fully saturated rings. The molecule has 2 heterocycles. The van der Waals surface area contributed by atoms with Crippen molar-refractivity contribution in [2.24, 2.45) is 46.3 Å². The van der Waals surface area contributed by atoms with Crippen LogP contribution in [0.2, 0.25) is 0 Å². The number of methoxy groups -OCH3 is 1. The zero-order valence-corrected chi connectivity index (χ0v) is 37.3. The van der Waals surface area contributed by atoms with Gasteiger partial charge in [-0.1, -0.05) is 46.3 Å². The number of carbonyl (C=O) groups excluding carboxylic acids is 3. The van der Waals surface area contributed by atoms with Crippen molar-refractivity contribution in [2.75, 3.05) is 27.4 Å². The van der Waals surface area contributed by atoms with Crippen LogP contribution >= 0.6 is 0 Å². The predicted octanol–water partition coefficient (Wildman–Crippen LogP) is 4.70.